The van der Waals surface area contributed by atoms with Gasteiger partial charge in [0, 0.05) is 16.7 Å². The van der Waals surface area contributed by atoms with Gasteiger partial charge in [-0.05, 0) is 69.8 Å². The van der Waals surface area contributed by atoms with Crippen LogP contribution in [0.1, 0.15) is 5.56 Å². The van der Waals surface area contributed by atoms with Crippen LogP contribution in [-0.4, -0.2) is 9.97 Å². The number of nitriles is 1. The number of nitrogens with zero attached hydrogens (tertiary/aromatic N) is 4. The van der Waals surface area contributed by atoms with Crippen LogP contribution >= 0.6 is 0 Å². The molecule has 1 aromatic heterocycles. The molecule has 0 amide bonds. The van der Waals surface area contributed by atoms with Gasteiger partial charge >= 0.3 is 0 Å². The Hall–Kier alpha value is -6.62. The van der Waals surface area contributed by atoms with Crippen molar-refractivity contribution in [1.82, 2.24) is 9.97 Å². The molecular weight excluding hydrogens is 560 g/mol. The van der Waals surface area contributed by atoms with E-state index in [4.69, 9.17) is 16.5 Å². The smallest absolute Gasteiger partial charge is 0.187 e. The van der Waals surface area contributed by atoms with Gasteiger partial charge in [-0.25, -0.2) is 14.8 Å². The molecule has 0 radical (unpaired) electrons. The van der Waals surface area contributed by atoms with Crippen molar-refractivity contribution in [3.05, 3.63) is 175 Å². The predicted octanol–water partition coefficient (Wildman–Crippen LogP) is 10.9. The molecule has 0 aliphatic rings. The van der Waals surface area contributed by atoms with Gasteiger partial charge in [-0.15, -0.1) is 0 Å². The van der Waals surface area contributed by atoms with E-state index < -0.39 is 0 Å². The molecule has 7 rings (SSSR count). The van der Waals surface area contributed by atoms with Crippen LogP contribution in [0.15, 0.2) is 158 Å². The first-order chi connectivity index (χ1) is 22.7. The Morgan fingerprint density at radius 2 is 0.870 bits per heavy atom. The Kier molecular flexibility index (Phi) is 7.68. The molecule has 0 aliphatic carbocycles. The average molecular weight is 587 g/mol. The van der Waals surface area contributed by atoms with E-state index in [1.807, 2.05) is 97.1 Å². The first kappa shape index (κ1) is 28.2. The first-order valence-corrected chi connectivity index (χ1v) is 14.9. The molecule has 0 atom stereocenters. The zero-order valence-corrected chi connectivity index (χ0v) is 24.8. The molecule has 0 bridgehead atoms. The van der Waals surface area contributed by atoms with E-state index in [1.54, 1.807) is 0 Å². The minimum Gasteiger partial charge on any atom is -0.238 e. The molecule has 46 heavy (non-hydrogen) atoms. The highest BCUT2D eigenvalue weighted by molar-refractivity contribution is 5.83. The standard InChI is InChI=1S/C42H26N4/c1-44-39-22-20-33(21-23-39)37-24-36(32-18-16-31(17-19-32)30-14-12-29(28-43)13-15-30)25-38(26-37)41-27-40(34-8-4-2-5-9-34)45-42(46-41)35-10-6-3-7-11-35/h2-27H. The summed E-state index contributed by atoms with van der Waals surface area (Å²) < 4.78 is 0. The number of rotatable bonds is 6. The highest BCUT2D eigenvalue weighted by Crippen LogP contribution is 2.36. The summed E-state index contributed by atoms with van der Waals surface area (Å²) >= 11 is 0. The van der Waals surface area contributed by atoms with Gasteiger partial charge in [-0.1, -0.05) is 121 Å². The Labute approximate surface area is 268 Å². The van der Waals surface area contributed by atoms with E-state index in [0.717, 1.165) is 61.5 Å². The summed E-state index contributed by atoms with van der Waals surface area (Å²) in [7, 11) is 0. The third-order valence-corrected chi connectivity index (χ3v) is 7.95. The van der Waals surface area contributed by atoms with Crippen LogP contribution in [0.5, 0.6) is 0 Å². The Balaban J connectivity index is 1.38. The highest BCUT2D eigenvalue weighted by Gasteiger charge is 2.14. The predicted molar refractivity (Wildman–Crippen MR) is 186 cm³/mol. The second-order valence-corrected chi connectivity index (χ2v) is 10.9. The van der Waals surface area contributed by atoms with E-state index in [2.05, 4.69) is 71.6 Å². The van der Waals surface area contributed by atoms with Crippen LogP contribution in [0.2, 0.25) is 0 Å². The summed E-state index contributed by atoms with van der Waals surface area (Å²) in [6.07, 6.45) is 0. The fourth-order valence-corrected chi connectivity index (χ4v) is 5.50. The van der Waals surface area contributed by atoms with Crippen LogP contribution in [-0.2, 0) is 0 Å². The maximum Gasteiger partial charge on any atom is 0.187 e. The molecule has 1 heterocycles. The molecule has 214 valence electrons. The zero-order valence-electron chi connectivity index (χ0n) is 24.8. The fourth-order valence-electron chi connectivity index (χ4n) is 5.50. The first-order valence-electron chi connectivity index (χ1n) is 14.9. The molecule has 4 heteroatoms. The Morgan fingerprint density at radius 1 is 0.435 bits per heavy atom. The lowest BCUT2D eigenvalue weighted by Crippen LogP contribution is -1.96. The summed E-state index contributed by atoms with van der Waals surface area (Å²) in [6.45, 7) is 7.39. The topological polar surface area (TPSA) is 53.9 Å². The number of hydrogen-bond donors (Lipinski definition) is 0. The van der Waals surface area contributed by atoms with Crippen molar-refractivity contribution >= 4 is 5.69 Å². The zero-order chi connectivity index (χ0) is 31.3. The summed E-state index contributed by atoms with van der Waals surface area (Å²) in [5, 5.41) is 9.17. The van der Waals surface area contributed by atoms with Crippen LogP contribution in [0.4, 0.5) is 5.69 Å². The molecule has 0 unspecified atom stereocenters. The van der Waals surface area contributed by atoms with Gasteiger partial charge in [0.15, 0.2) is 11.5 Å². The summed E-state index contributed by atoms with van der Waals surface area (Å²) in [6, 6.07) is 54.8. The molecule has 0 spiro atoms. The molecular formula is C42H26N4. The molecule has 7 aromatic rings. The number of benzene rings is 6. The van der Waals surface area contributed by atoms with Gasteiger partial charge in [0.1, 0.15) is 0 Å². The van der Waals surface area contributed by atoms with Gasteiger partial charge in [0.2, 0.25) is 0 Å². The van der Waals surface area contributed by atoms with Crippen LogP contribution in [0.25, 0.3) is 72.1 Å². The average Bonchev–Trinajstić information content (AvgIpc) is 3.15. The quantitative estimate of drug-likeness (QED) is 0.182. The fraction of sp³-hybridized carbons (Fsp3) is 0. The van der Waals surface area contributed by atoms with Gasteiger partial charge in [0.05, 0.1) is 29.6 Å². The van der Waals surface area contributed by atoms with E-state index in [9.17, 15) is 5.26 Å². The molecule has 0 saturated heterocycles. The van der Waals surface area contributed by atoms with E-state index in [0.29, 0.717) is 17.1 Å². The molecule has 0 fully saturated rings. The monoisotopic (exact) mass is 586 g/mol. The van der Waals surface area contributed by atoms with Crippen molar-refractivity contribution in [1.29, 1.82) is 5.26 Å². The normalized spacial score (nSPS) is 10.6. The number of hydrogen-bond acceptors (Lipinski definition) is 3. The summed E-state index contributed by atoms with van der Waals surface area (Å²) in [4.78, 5) is 13.6. The lowest BCUT2D eigenvalue weighted by atomic mass is 9.93. The van der Waals surface area contributed by atoms with Crippen molar-refractivity contribution in [2.75, 3.05) is 0 Å². The van der Waals surface area contributed by atoms with Crippen molar-refractivity contribution in [3.63, 3.8) is 0 Å². The van der Waals surface area contributed by atoms with Gasteiger partial charge in [0.25, 0.3) is 0 Å². The molecule has 0 saturated carbocycles. The second-order valence-electron chi connectivity index (χ2n) is 10.9. The van der Waals surface area contributed by atoms with Gasteiger partial charge in [-0.2, -0.15) is 5.26 Å². The minimum absolute atomic E-state index is 0.606. The van der Waals surface area contributed by atoms with Crippen LogP contribution in [0, 0.1) is 17.9 Å². The Bertz CT molecular complexity index is 2170. The SMILES string of the molecule is [C-]#[N+]c1ccc(-c2cc(-c3ccc(-c4ccc(C#N)cc4)cc3)cc(-c3cc(-c4ccccc4)nc(-c4ccccc4)n3)c2)cc1. The molecule has 6 aromatic carbocycles. The molecule has 0 N–H and O–H groups in total. The van der Waals surface area contributed by atoms with E-state index in [1.165, 1.54) is 0 Å². The van der Waals surface area contributed by atoms with Crippen molar-refractivity contribution in [3.8, 4) is 73.4 Å². The summed E-state index contributed by atoms with van der Waals surface area (Å²) in [5.41, 5.74) is 12.2. The van der Waals surface area contributed by atoms with Crippen molar-refractivity contribution < 1.29 is 0 Å². The minimum atomic E-state index is 0.606. The van der Waals surface area contributed by atoms with Crippen molar-refractivity contribution in [2.24, 2.45) is 0 Å². The third-order valence-electron chi connectivity index (χ3n) is 7.95. The van der Waals surface area contributed by atoms with Crippen LogP contribution < -0.4 is 0 Å². The lowest BCUT2D eigenvalue weighted by Gasteiger charge is -2.14. The van der Waals surface area contributed by atoms with Gasteiger partial charge in [-0.3, -0.25) is 0 Å². The molecule has 4 nitrogen and oxygen atoms in total. The maximum atomic E-state index is 9.17. The van der Waals surface area contributed by atoms with Gasteiger partial charge < -0.3 is 0 Å². The lowest BCUT2D eigenvalue weighted by molar-refractivity contribution is 1.18. The maximum absolute atomic E-state index is 9.17. The Morgan fingerprint density at radius 3 is 1.39 bits per heavy atom. The summed E-state index contributed by atoms with van der Waals surface area (Å²) in [5.74, 6) is 0.664. The largest absolute Gasteiger partial charge is 0.238 e. The van der Waals surface area contributed by atoms with Crippen LogP contribution in [0.3, 0.4) is 0 Å². The van der Waals surface area contributed by atoms with Crippen molar-refractivity contribution in [2.45, 2.75) is 0 Å². The highest BCUT2D eigenvalue weighted by atomic mass is 14.9. The third kappa shape index (κ3) is 5.92. The number of aromatic nitrogens is 2. The van der Waals surface area contributed by atoms with E-state index >= 15 is 0 Å². The second kappa shape index (κ2) is 12.5. The van der Waals surface area contributed by atoms with E-state index in [-0.39, 0.29) is 0 Å². The molecule has 0 aliphatic heterocycles.